The lowest BCUT2D eigenvalue weighted by Gasteiger charge is -2.07. The molecule has 0 radical (unpaired) electrons. The summed E-state index contributed by atoms with van der Waals surface area (Å²) >= 11 is 1.57. The Morgan fingerprint density at radius 3 is 2.76 bits per heavy atom. The second-order valence-electron chi connectivity index (χ2n) is 4.13. The molecule has 0 fully saturated rings. The minimum atomic E-state index is -3.02. The summed E-state index contributed by atoms with van der Waals surface area (Å²) in [5.41, 5.74) is 6.74. The van der Waals surface area contributed by atoms with Crippen molar-refractivity contribution >= 4 is 31.4 Å². The number of hydrogen-bond acceptors (Lipinski definition) is 5. The molecule has 1 aromatic carbocycles. The van der Waals surface area contributed by atoms with Gasteiger partial charge in [-0.05, 0) is 12.1 Å². The first-order valence-electron chi connectivity index (χ1n) is 5.22. The van der Waals surface area contributed by atoms with E-state index in [9.17, 15) is 8.42 Å². The van der Waals surface area contributed by atoms with E-state index in [1.54, 1.807) is 11.3 Å². The zero-order valence-electron chi connectivity index (χ0n) is 9.46. The molecule has 1 heterocycles. The number of sulfone groups is 1. The van der Waals surface area contributed by atoms with Gasteiger partial charge in [0, 0.05) is 18.7 Å². The van der Waals surface area contributed by atoms with Gasteiger partial charge in [-0.2, -0.15) is 0 Å². The van der Waals surface area contributed by atoms with E-state index >= 15 is 0 Å². The predicted octanol–water partition coefficient (Wildman–Crippen LogP) is 1.21. The van der Waals surface area contributed by atoms with Crippen LogP contribution >= 0.6 is 11.3 Å². The molecule has 0 spiro atoms. The Balaban J connectivity index is 2.13. The fraction of sp³-hybridized carbons (Fsp3) is 0.364. The third-order valence-corrected chi connectivity index (χ3v) is 4.38. The average Bonchev–Trinajstić information content (AvgIpc) is 2.55. The number of benzene rings is 1. The normalized spacial score (nSPS) is 14.0. The molecule has 0 bridgehead atoms. The van der Waals surface area contributed by atoms with Crippen LogP contribution in [0.1, 0.15) is 5.01 Å². The standard InChI is InChI=1S/C11H14N2O2S2/c1-17(14,15)7-8(12)6-11-13-9-4-2-3-5-10(9)16-11/h2-5,8H,6-7,12H2,1H3. The van der Waals surface area contributed by atoms with Crippen molar-refractivity contribution in [2.75, 3.05) is 12.0 Å². The van der Waals surface area contributed by atoms with Crippen molar-refractivity contribution < 1.29 is 8.42 Å². The fourth-order valence-corrected chi connectivity index (χ4v) is 3.64. The fourth-order valence-electron chi connectivity index (χ4n) is 1.68. The van der Waals surface area contributed by atoms with Crippen LogP contribution in [0.25, 0.3) is 10.2 Å². The molecule has 1 atom stereocenters. The van der Waals surface area contributed by atoms with Gasteiger partial charge in [0.1, 0.15) is 9.84 Å². The highest BCUT2D eigenvalue weighted by atomic mass is 32.2. The Morgan fingerprint density at radius 2 is 2.12 bits per heavy atom. The predicted molar refractivity (Wildman–Crippen MR) is 71.0 cm³/mol. The van der Waals surface area contributed by atoms with Crippen LogP contribution in [-0.4, -0.2) is 31.5 Å². The molecule has 17 heavy (non-hydrogen) atoms. The van der Waals surface area contributed by atoms with Crippen LogP contribution in [0.5, 0.6) is 0 Å². The molecular formula is C11H14N2O2S2. The first-order valence-corrected chi connectivity index (χ1v) is 8.09. The molecule has 0 amide bonds. The largest absolute Gasteiger partial charge is 0.326 e. The third kappa shape index (κ3) is 3.49. The average molecular weight is 270 g/mol. The second-order valence-corrected chi connectivity index (χ2v) is 7.43. The summed E-state index contributed by atoms with van der Waals surface area (Å²) in [6, 6.07) is 7.45. The van der Waals surface area contributed by atoms with Crippen molar-refractivity contribution in [3.63, 3.8) is 0 Å². The van der Waals surface area contributed by atoms with E-state index in [4.69, 9.17) is 5.73 Å². The number of aromatic nitrogens is 1. The van der Waals surface area contributed by atoms with Crippen LogP contribution in [0, 0.1) is 0 Å². The summed E-state index contributed by atoms with van der Waals surface area (Å²) in [4.78, 5) is 4.43. The number of fused-ring (bicyclic) bond motifs is 1. The first-order chi connectivity index (χ1) is 7.94. The highest BCUT2D eigenvalue weighted by molar-refractivity contribution is 7.90. The quantitative estimate of drug-likeness (QED) is 0.906. The van der Waals surface area contributed by atoms with Crippen LogP contribution in [0.3, 0.4) is 0 Å². The van der Waals surface area contributed by atoms with Gasteiger partial charge in [-0.15, -0.1) is 11.3 Å². The molecule has 1 unspecified atom stereocenters. The van der Waals surface area contributed by atoms with Crippen molar-refractivity contribution in [3.05, 3.63) is 29.3 Å². The van der Waals surface area contributed by atoms with E-state index in [1.807, 2.05) is 24.3 Å². The maximum absolute atomic E-state index is 11.1. The van der Waals surface area contributed by atoms with Gasteiger partial charge in [0.25, 0.3) is 0 Å². The summed E-state index contributed by atoms with van der Waals surface area (Å²) in [5, 5.41) is 0.891. The van der Waals surface area contributed by atoms with Gasteiger partial charge in [0.2, 0.25) is 0 Å². The maximum atomic E-state index is 11.1. The molecular weight excluding hydrogens is 256 g/mol. The number of nitrogens with two attached hydrogens (primary N) is 1. The van der Waals surface area contributed by atoms with Gasteiger partial charge < -0.3 is 5.73 Å². The molecule has 0 aliphatic carbocycles. The van der Waals surface area contributed by atoms with Crippen LogP contribution < -0.4 is 5.73 Å². The van der Waals surface area contributed by atoms with Gasteiger partial charge in [-0.1, -0.05) is 12.1 Å². The molecule has 2 rings (SSSR count). The SMILES string of the molecule is CS(=O)(=O)CC(N)Cc1nc2ccccc2s1. The van der Waals surface area contributed by atoms with E-state index in [2.05, 4.69) is 4.98 Å². The van der Waals surface area contributed by atoms with Crippen LogP contribution in [0.2, 0.25) is 0 Å². The van der Waals surface area contributed by atoms with Crippen molar-refractivity contribution in [2.45, 2.75) is 12.5 Å². The smallest absolute Gasteiger partial charge is 0.148 e. The Kier molecular flexibility index (Phi) is 3.46. The van der Waals surface area contributed by atoms with Crippen LogP contribution in [0.15, 0.2) is 24.3 Å². The van der Waals surface area contributed by atoms with E-state index < -0.39 is 9.84 Å². The molecule has 4 nitrogen and oxygen atoms in total. The van der Waals surface area contributed by atoms with Crippen molar-refractivity contribution in [3.8, 4) is 0 Å². The van der Waals surface area contributed by atoms with Gasteiger partial charge >= 0.3 is 0 Å². The number of hydrogen-bond donors (Lipinski definition) is 1. The zero-order chi connectivity index (χ0) is 12.5. The summed E-state index contributed by atoms with van der Waals surface area (Å²) in [6.07, 6.45) is 1.71. The van der Waals surface area contributed by atoms with Crippen LogP contribution in [0.4, 0.5) is 0 Å². The van der Waals surface area contributed by atoms with E-state index in [0.717, 1.165) is 15.2 Å². The minimum absolute atomic E-state index is 0.00290. The molecule has 92 valence electrons. The number of para-hydroxylation sites is 1. The topological polar surface area (TPSA) is 73.0 Å². The van der Waals surface area contributed by atoms with Gasteiger partial charge in [-0.25, -0.2) is 13.4 Å². The highest BCUT2D eigenvalue weighted by Crippen LogP contribution is 2.22. The molecule has 6 heteroatoms. The monoisotopic (exact) mass is 270 g/mol. The molecule has 0 aliphatic heterocycles. The molecule has 0 saturated carbocycles. The van der Waals surface area contributed by atoms with Gasteiger partial charge in [-0.3, -0.25) is 0 Å². The van der Waals surface area contributed by atoms with E-state index in [1.165, 1.54) is 6.26 Å². The third-order valence-electron chi connectivity index (χ3n) is 2.29. The minimum Gasteiger partial charge on any atom is -0.326 e. The molecule has 0 saturated heterocycles. The number of rotatable bonds is 4. The Morgan fingerprint density at radius 1 is 1.41 bits per heavy atom. The number of nitrogens with zero attached hydrogens (tertiary/aromatic N) is 1. The Labute approximate surface area is 104 Å². The summed E-state index contributed by atoms with van der Waals surface area (Å²) in [5.74, 6) is 0.00290. The van der Waals surface area contributed by atoms with E-state index in [-0.39, 0.29) is 11.8 Å². The molecule has 0 aliphatic rings. The molecule has 2 N–H and O–H groups in total. The van der Waals surface area contributed by atoms with Crippen molar-refractivity contribution in [1.82, 2.24) is 4.98 Å². The lowest BCUT2D eigenvalue weighted by molar-refractivity contribution is 0.591. The van der Waals surface area contributed by atoms with E-state index in [0.29, 0.717) is 6.42 Å². The summed E-state index contributed by atoms with van der Waals surface area (Å²) in [6.45, 7) is 0. The summed E-state index contributed by atoms with van der Waals surface area (Å²) < 4.78 is 23.3. The Bertz CT molecular complexity index is 586. The Hall–Kier alpha value is -0.980. The molecule has 2 aromatic rings. The van der Waals surface area contributed by atoms with Crippen molar-refractivity contribution in [2.24, 2.45) is 5.73 Å². The number of thiazole rings is 1. The first kappa shape index (κ1) is 12.5. The van der Waals surface area contributed by atoms with Gasteiger partial charge in [0.15, 0.2) is 0 Å². The highest BCUT2D eigenvalue weighted by Gasteiger charge is 2.13. The lowest BCUT2D eigenvalue weighted by Crippen LogP contribution is -2.31. The summed E-state index contributed by atoms with van der Waals surface area (Å²) in [7, 11) is -3.02. The van der Waals surface area contributed by atoms with Gasteiger partial charge in [0.05, 0.1) is 21.0 Å². The maximum Gasteiger partial charge on any atom is 0.148 e. The zero-order valence-corrected chi connectivity index (χ0v) is 11.1. The van der Waals surface area contributed by atoms with Crippen molar-refractivity contribution in [1.29, 1.82) is 0 Å². The second kappa shape index (κ2) is 4.72. The van der Waals surface area contributed by atoms with Crippen LogP contribution in [-0.2, 0) is 16.3 Å². The lowest BCUT2D eigenvalue weighted by atomic mass is 10.2. The molecule has 1 aromatic heterocycles.